The Morgan fingerprint density at radius 3 is 2.85 bits per heavy atom. The van der Waals surface area contributed by atoms with Gasteiger partial charge in [-0.1, -0.05) is 35.9 Å². The summed E-state index contributed by atoms with van der Waals surface area (Å²) in [6.07, 6.45) is 2.98. The van der Waals surface area contributed by atoms with Crippen LogP contribution >= 0.6 is 11.6 Å². The fraction of sp³-hybridized carbons (Fsp3) is 0. The first-order valence-electron chi connectivity index (χ1n) is 6.00. The van der Waals surface area contributed by atoms with Crippen molar-refractivity contribution in [3.05, 3.63) is 75.8 Å². The molecule has 0 amide bonds. The minimum atomic E-state index is -0.200. The van der Waals surface area contributed by atoms with Crippen LogP contribution < -0.4 is 5.56 Å². The lowest BCUT2D eigenvalue weighted by Crippen LogP contribution is -2.16. The molecule has 0 aliphatic rings. The minimum Gasteiger partial charge on any atom is -0.267 e. The van der Waals surface area contributed by atoms with Crippen molar-refractivity contribution in [2.75, 3.05) is 0 Å². The zero-order chi connectivity index (χ0) is 13.9. The molecule has 0 spiro atoms. The zero-order valence-corrected chi connectivity index (χ0v) is 11.2. The van der Waals surface area contributed by atoms with Crippen molar-refractivity contribution in [2.24, 2.45) is 5.10 Å². The van der Waals surface area contributed by atoms with E-state index in [9.17, 15) is 4.79 Å². The maximum atomic E-state index is 12.2. The van der Waals surface area contributed by atoms with Gasteiger partial charge >= 0.3 is 0 Å². The number of halogens is 1. The lowest BCUT2D eigenvalue weighted by Gasteiger charge is -2.00. The number of hydrogen-bond acceptors (Lipinski definition) is 3. The summed E-state index contributed by atoms with van der Waals surface area (Å²) in [4.78, 5) is 16.4. The van der Waals surface area contributed by atoms with Crippen LogP contribution in [0, 0.1) is 0 Å². The molecule has 0 radical (unpaired) electrons. The highest BCUT2D eigenvalue weighted by Crippen LogP contribution is 2.09. The Hall–Kier alpha value is -2.46. The van der Waals surface area contributed by atoms with Crippen LogP contribution in [0.3, 0.4) is 0 Å². The first-order chi connectivity index (χ1) is 9.74. The lowest BCUT2D eigenvalue weighted by atomic mass is 10.2. The predicted octanol–water partition coefficient (Wildman–Crippen LogP) is 2.93. The Bertz CT molecular complexity index is 855. The molecule has 0 aliphatic heterocycles. The van der Waals surface area contributed by atoms with Crippen LogP contribution in [0.4, 0.5) is 0 Å². The van der Waals surface area contributed by atoms with E-state index in [2.05, 4.69) is 10.1 Å². The van der Waals surface area contributed by atoms with Crippen LogP contribution in [0.2, 0.25) is 5.02 Å². The average molecular weight is 284 g/mol. The first kappa shape index (κ1) is 12.6. The van der Waals surface area contributed by atoms with Gasteiger partial charge in [0, 0.05) is 5.02 Å². The predicted molar refractivity (Wildman–Crippen MR) is 80.4 cm³/mol. The van der Waals surface area contributed by atoms with Gasteiger partial charge in [0.2, 0.25) is 0 Å². The van der Waals surface area contributed by atoms with Crippen molar-refractivity contribution < 1.29 is 0 Å². The van der Waals surface area contributed by atoms with Crippen LogP contribution in [0.15, 0.2) is 64.8 Å². The van der Waals surface area contributed by atoms with E-state index in [0.29, 0.717) is 15.9 Å². The van der Waals surface area contributed by atoms with Gasteiger partial charge < -0.3 is 0 Å². The third-order valence-electron chi connectivity index (χ3n) is 2.83. The van der Waals surface area contributed by atoms with Crippen molar-refractivity contribution in [2.45, 2.75) is 0 Å². The third-order valence-corrected chi connectivity index (χ3v) is 3.06. The Kier molecular flexibility index (Phi) is 3.31. The standard InChI is InChI=1S/C15H10ClN3O/c16-12-5-3-4-11(8-12)9-18-19-10-17-14-7-2-1-6-13(14)15(19)20/h1-10H/b18-9+. The molecule has 0 fully saturated rings. The van der Waals surface area contributed by atoms with Crippen LogP contribution in [0.25, 0.3) is 10.9 Å². The van der Waals surface area contributed by atoms with Crippen LogP contribution in [-0.4, -0.2) is 15.9 Å². The highest BCUT2D eigenvalue weighted by molar-refractivity contribution is 6.30. The van der Waals surface area contributed by atoms with Gasteiger partial charge in [0.05, 0.1) is 17.1 Å². The quantitative estimate of drug-likeness (QED) is 0.679. The molecule has 0 saturated heterocycles. The summed E-state index contributed by atoms with van der Waals surface area (Å²) in [7, 11) is 0. The molecule has 0 atom stereocenters. The number of rotatable bonds is 2. The second-order valence-corrected chi connectivity index (χ2v) is 4.65. The summed E-state index contributed by atoms with van der Waals surface area (Å²) in [5, 5.41) is 5.29. The highest BCUT2D eigenvalue weighted by Gasteiger charge is 2.01. The number of aromatic nitrogens is 2. The van der Waals surface area contributed by atoms with Crippen molar-refractivity contribution >= 4 is 28.7 Å². The zero-order valence-electron chi connectivity index (χ0n) is 10.4. The maximum Gasteiger partial charge on any atom is 0.281 e. The van der Waals surface area contributed by atoms with Crippen LogP contribution in [-0.2, 0) is 0 Å². The summed E-state index contributed by atoms with van der Waals surface area (Å²) in [6, 6.07) is 14.4. The van der Waals surface area contributed by atoms with Gasteiger partial charge in [0.15, 0.2) is 0 Å². The lowest BCUT2D eigenvalue weighted by molar-refractivity contribution is 0.817. The van der Waals surface area contributed by atoms with E-state index in [1.807, 2.05) is 18.2 Å². The molecule has 3 aromatic rings. The monoisotopic (exact) mass is 283 g/mol. The molecule has 0 saturated carbocycles. The Morgan fingerprint density at radius 1 is 1.15 bits per heavy atom. The van der Waals surface area contributed by atoms with Crippen molar-refractivity contribution in [1.29, 1.82) is 0 Å². The third kappa shape index (κ3) is 2.46. The topological polar surface area (TPSA) is 47.2 Å². The van der Waals surface area contributed by atoms with Crippen molar-refractivity contribution in [1.82, 2.24) is 9.66 Å². The van der Waals surface area contributed by atoms with E-state index >= 15 is 0 Å². The van der Waals surface area contributed by atoms with Crippen LogP contribution in [0.5, 0.6) is 0 Å². The fourth-order valence-corrected chi connectivity index (χ4v) is 2.06. The van der Waals surface area contributed by atoms with Crippen LogP contribution in [0.1, 0.15) is 5.56 Å². The molecule has 0 unspecified atom stereocenters. The molecule has 4 nitrogen and oxygen atoms in total. The Labute approximate surface area is 120 Å². The summed E-state index contributed by atoms with van der Waals surface area (Å²) >= 11 is 5.89. The largest absolute Gasteiger partial charge is 0.281 e. The fourth-order valence-electron chi connectivity index (χ4n) is 1.86. The minimum absolute atomic E-state index is 0.200. The van der Waals surface area contributed by atoms with Gasteiger partial charge in [-0.05, 0) is 29.8 Å². The number of nitrogens with zero attached hydrogens (tertiary/aromatic N) is 3. The second-order valence-electron chi connectivity index (χ2n) is 4.21. The molecule has 20 heavy (non-hydrogen) atoms. The van der Waals surface area contributed by atoms with E-state index in [1.54, 1.807) is 36.5 Å². The van der Waals surface area contributed by atoms with E-state index in [4.69, 9.17) is 11.6 Å². The van der Waals surface area contributed by atoms with Gasteiger partial charge in [-0.25, -0.2) is 4.98 Å². The number of para-hydroxylation sites is 1. The molecular weight excluding hydrogens is 274 g/mol. The summed E-state index contributed by atoms with van der Waals surface area (Å²) < 4.78 is 1.21. The molecule has 1 aromatic heterocycles. The summed E-state index contributed by atoms with van der Waals surface area (Å²) in [6.45, 7) is 0. The number of benzene rings is 2. The molecular formula is C15H10ClN3O. The van der Waals surface area contributed by atoms with Gasteiger partial charge in [0.1, 0.15) is 6.33 Å². The Balaban J connectivity index is 2.03. The normalized spacial score (nSPS) is 11.2. The Morgan fingerprint density at radius 2 is 2.00 bits per heavy atom. The highest BCUT2D eigenvalue weighted by atomic mass is 35.5. The van der Waals surface area contributed by atoms with Crippen molar-refractivity contribution in [3.63, 3.8) is 0 Å². The molecule has 0 N–H and O–H groups in total. The maximum absolute atomic E-state index is 12.2. The molecule has 2 aromatic carbocycles. The van der Waals surface area contributed by atoms with E-state index < -0.39 is 0 Å². The van der Waals surface area contributed by atoms with E-state index in [1.165, 1.54) is 11.0 Å². The van der Waals surface area contributed by atoms with Gasteiger partial charge in [-0.15, -0.1) is 0 Å². The average Bonchev–Trinajstić information content (AvgIpc) is 2.47. The van der Waals surface area contributed by atoms with Gasteiger partial charge in [0.25, 0.3) is 5.56 Å². The first-order valence-corrected chi connectivity index (χ1v) is 6.38. The molecule has 3 rings (SSSR count). The van der Waals surface area contributed by atoms with Gasteiger partial charge in [-0.3, -0.25) is 4.79 Å². The van der Waals surface area contributed by atoms with Crippen molar-refractivity contribution in [3.8, 4) is 0 Å². The molecule has 1 heterocycles. The molecule has 5 heteroatoms. The summed E-state index contributed by atoms with van der Waals surface area (Å²) in [5.41, 5.74) is 1.28. The number of fused-ring (bicyclic) bond motifs is 1. The van der Waals surface area contributed by atoms with E-state index in [0.717, 1.165) is 5.56 Å². The second kappa shape index (κ2) is 5.27. The van der Waals surface area contributed by atoms with E-state index in [-0.39, 0.29) is 5.56 Å². The summed E-state index contributed by atoms with van der Waals surface area (Å²) in [5.74, 6) is 0. The molecule has 98 valence electrons. The molecule has 0 bridgehead atoms. The van der Waals surface area contributed by atoms with Gasteiger partial charge in [-0.2, -0.15) is 9.78 Å². The number of hydrogen-bond donors (Lipinski definition) is 0. The SMILES string of the molecule is O=c1c2ccccc2ncn1/N=C/c1cccc(Cl)c1. The smallest absolute Gasteiger partial charge is 0.267 e. The molecule has 0 aliphatic carbocycles.